The molecule has 16 heavy (non-hydrogen) atoms. The van der Waals surface area contributed by atoms with Crippen LogP contribution < -0.4 is 0 Å². The average Bonchev–Trinajstić information content (AvgIpc) is 2.01. The van der Waals surface area contributed by atoms with E-state index in [1.54, 1.807) is 0 Å². The number of hydrogen-bond donors (Lipinski definition) is 0. The highest BCUT2D eigenvalue weighted by atomic mass is 19.4. The Morgan fingerprint density at radius 1 is 0.625 bits per heavy atom. The van der Waals surface area contributed by atoms with E-state index in [2.05, 4.69) is 0 Å². The van der Waals surface area contributed by atoms with Gasteiger partial charge in [0.25, 0.3) is 0 Å². The number of hydrogen-bond acceptors (Lipinski definition) is 0. The fourth-order valence-corrected chi connectivity index (χ4v) is 0.513. The van der Waals surface area contributed by atoms with Crippen molar-refractivity contribution in [3.8, 4) is 12.1 Å². The van der Waals surface area contributed by atoms with E-state index < -0.39 is 23.9 Å². The van der Waals surface area contributed by atoms with E-state index >= 15 is 0 Å². The molecule has 0 heterocycles. The molecule has 0 aliphatic heterocycles. The van der Waals surface area contributed by atoms with Crippen molar-refractivity contribution in [2.45, 2.75) is 23.9 Å². The van der Waals surface area contributed by atoms with E-state index in [4.69, 9.17) is 0 Å². The van der Waals surface area contributed by atoms with Crippen LogP contribution in [0.15, 0.2) is 0 Å². The first kappa shape index (κ1) is 14.9. The van der Waals surface area contributed by atoms with Crippen LogP contribution in [-0.4, -0.2) is 23.9 Å². The van der Waals surface area contributed by atoms with Crippen LogP contribution in [-0.2, 0) is 0 Å². The molecule has 0 aromatic rings. The van der Waals surface area contributed by atoms with Crippen molar-refractivity contribution in [1.82, 2.24) is 0 Å². The Labute approximate surface area is 81.2 Å². The SMILES string of the molecule is FC#CC(F)(F)C(F)(F)C(F)(F)C(F)(F)F. The van der Waals surface area contributed by atoms with Gasteiger partial charge in [-0.25, -0.2) is 0 Å². The Morgan fingerprint density at radius 3 is 1.25 bits per heavy atom. The van der Waals surface area contributed by atoms with Gasteiger partial charge >= 0.3 is 23.9 Å². The Balaban J connectivity index is 5.58. The van der Waals surface area contributed by atoms with Crippen LogP contribution in [0.2, 0.25) is 0 Å². The number of halogens is 10. The zero-order valence-electron chi connectivity index (χ0n) is 6.78. The van der Waals surface area contributed by atoms with Gasteiger partial charge in [0.15, 0.2) is 0 Å². The van der Waals surface area contributed by atoms with Gasteiger partial charge < -0.3 is 0 Å². The normalized spacial score (nSPS) is 14.4. The maximum atomic E-state index is 12.2. The highest BCUT2D eigenvalue weighted by Gasteiger charge is 2.81. The van der Waals surface area contributed by atoms with Crippen LogP contribution in [0.4, 0.5) is 43.9 Å². The summed E-state index contributed by atoms with van der Waals surface area (Å²) in [7, 11) is 0. The van der Waals surface area contributed by atoms with Gasteiger partial charge in [0.2, 0.25) is 0 Å². The maximum absolute atomic E-state index is 12.2. The second-order valence-corrected chi connectivity index (χ2v) is 2.44. The third-order valence-electron chi connectivity index (χ3n) is 1.35. The number of alkyl halides is 9. The Morgan fingerprint density at radius 2 is 1.00 bits per heavy atom. The van der Waals surface area contributed by atoms with Gasteiger partial charge in [-0.05, 0) is 0 Å². The zero-order valence-corrected chi connectivity index (χ0v) is 6.78. The van der Waals surface area contributed by atoms with Crippen molar-refractivity contribution in [2.24, 2.45) is 0 Å². The lowest BCUT2D eigenvalue weighted by molar-refractivity contribution is -0.386. The van der Waals surface area contributed by atoms with Gasteiger partial charge in [-0.1, -0.05) is 0 Å². The highest BCUT2D eigenvalue weighted by molar-refractivity contribution is 5.16. The summed E-state index contributed by atoms with van der Waals surface area (Å²) in [5.74, 6) is -20.4. The minimum Gasteiger partial charge on any atom is -0.191 e. The molecule has 0 rings (SSSR count). The number of rotatable bonds is 2. The molecule has 0 aliphatic carbocycles. The third kappa shape index (κ3) is 2.03. The fourth-order valence-electron chi connectivity index (χ4n) is 0.513. The molecule has 0 aromatic heterocycles. The molecule has 0 radical (unpaired) electrons. The summed E-state index contributed by atoms with van der Waals surface area (Å²) in [6.07, 6.45) is -7.26. The lowest BCUT2D eigenvalue weighted by Crippen LogP contribution is -2.60. The van der Waals surface area contributed by atoms with Crippen LogP contribution in [0.1, 0.15) is 0 Å². The molecule has 0 fully saturated rings. The summed E-state index contributed by atoms with van der Waals surface area (Å²) in [6, 6.07) is 0. The van der Waals surface area contributed by atoms with Crippen molar-refractivity contribution in [3.63, 3.8) is 0 Å². The largest absolute Gasteiger partial charge is 0.460 e. The fraction of sp³-hybridized carbons (Fsp3) is 0.667. The summed E-state index contributed by atoms with van der Waals surface area (Å²) in [5.41, 5.74) is 0. The summed E-state index contributed by atoms with van der Waals surface area (Å²) >= 11 is 0. The Bertz CT molecular complexity index is 312. The van der Waals surface area contributed by atoms with E-state index in [1.807, 2.05) is 0 Å². The zero-order chi connectivity index (χ0) is 13.4. The third-order valence-corrected chi connectivity index (χ3v) is 1.35. The Hall–Kier alpha value is -1.14. The molecule has 0 N–H and O–H groups in total. The monoisotopic (exact) mass is 262 g/mol. The van der Waals surface area contributed by atoms with Crippen LogP contribution in [0.3, 0.4) is 0 Å². The molecule has 0 aliphatic rings. The molecule has 0 saturated carbocycles. The van der Waals surface area contributed by atoms with Crippen molar-refractivity contribution in [1.29, 1.82) is 0 Å². The quantitative estimate of drug-likeness (QED) is 0.528. The first-order valence-electron chi connectivity index (χ1n) is 3.14. The van der Waals surface area contributed by atoms with Gasteiger partial charge in [-0.2, -0.15) is 39.5 Å². The van der Waals surface area contributed by atoms with Crippen LogP contribution in [0.5, 0.6) is 0 Å². The van der Waals surface area contributed by atoms with Crippen molar-refractivity contribution in [2.75, 3.05) is 0 Å². The molecule has 0 saturated heterocycles. The first-order chi connectivity index (χ1) is 6.81. The first-order valence-corrected chi connectivity index (χ1v) is 3.14. The van der Waals surface area contributed by atoms with Crippen LogP contribution >= 0.6 is 0 Å². The smallest absolute Gasteiger partial charge is 0.191 e. The minimum atomic E-state index is -7.03. The summed E-state index contributed by atoms with van der Waals surface area (Å²) in [5, 5.41) is 0. The molecule has 10 heteroatoms. The second-order valence-electron chi connectivity index (χ2n) is 2.44. The summed E-state index contributed by atoms with van der Waals surface area (Å²) in [6.45, 7) is 0. The highest BCUT2D eigenvalue weighted by Crippen LogP contribution is 2.52. The van der Waals surface area contributed by atoms with Crippen LogP contribution in [0, 0.1) is 12.1 Å². The maximum Gasteiger partial charge on any atom is 0.460 e. The van der Waals surface area contributed by atoms with E-state index in [9.17, 15) is 43.9 Å². The van der Waals surface area contributed by atoms with Gasteiger partial charge in [-0.15, -0.1) is 4.39 Å². The summed E-state index contributed by atoms with van der Waals surface area (Å²) in [4.78, 5) is 0. The molecular weight excluding hydrogens is 262 g/mol. The van der Waals surface area contributed by atoms with E-state index in [-0.39, 0.29) is 12.1 Å². The standard InChI is InChI=1S/C6F10/c7-2-1-3(8,9)4(10,11)5(12,13)6(14,15)16. The summed E-state index contributed by atoms with van der Waals surface area (Å²) < 4.78 is 118. The second kappa shape index (κ2) is 3.71. The predicted octanol–water partition coefficient (Wildman–Crippen LogP) is 3.38. The average molecular weight is 262 g/mol. The lowest BCUT2D eigenvalue weighted by atomic mass is 10.0. The molecule has 94 valence electrons. The lowest BCUT2D eigenvalue weighted by Gasteiger charge is -2.30. The predicted molar refractivity (Wildman–Crippen MR) is 29.8 cm³/mol. The molecule has 0 unspecified atom stereocenters. The van der Waals surface area contributed by atoms with E-state index in [0.717, 1.165) is 0 Å². The van der Waals surface area contributed by atoms with Crippen LogP contribution in [0.25, 0.3) is 0 Å². The Kier molecular flexibility index (Phi) is 3.44. The van der Waals surface area contributed by atoms with Crippen molar-refractivity contribution < 1.29 is 43.9 Å². The molecule has 0 amide bonds. The van der Waals surface area contributed by atoms with Gasteiger partial charge in [0.1, 0.15) is 6.17 Å². The van der Waals surface area contributed by atoms with E-state index in [1.165, 1.54) is 0 Å². The minimum absolute atomic E-state index is 0.340. The molecule has 0 spiro atoms. The van der Waals surface area contributed by atoms with Crippen molar-refractivity contribution >= 4 is 0 Å². The van der Waals surface area contributed by atoms with Gasteiger partial charge in [0.05, 0.1) is 0 Å². The molecule has 0 aromatic carbocycles. The topological polar surface area (TPSA) is 0 Å². The van der Waals surface area contributed by atoms with Gasteiger partial charge in [-0.3, -0.25) is 0 Å². The molecule has 0 bridgehead atoms. The molecule has 0 nitrogen and oxygen atoms in total. The van der Waals surface area contributed by atoms with E-state index in [0.29, 0.717) is 0 Å². The van der Waals surface area contributed by atoms with Crippen molar-refractivity contribution in [3.05, 3.63) is 0 Å². The molecule has 0 atom stereocenters. The van der Waals surface area contributed by atoms with Gasteiger partial charge in [0, 0.05) is 5.92 Å². The molecular formula is C6F10.